The number of anilines is 2. The smallest absolute Gasteiger partial charge is 0.340 e. The molecule has 2 aromatic rings. The van der Waals surface area contributed by atoms with Gasteiger partial charge in [-0.05, 0) is 30.3 Å². The topological polar surface area (TPSA) is 63.3 Å². The SMILES string of the molecule is N/N=C\c1cccc(Nc2cccc(C(F)(F)F)c2)n1. The summed E-state index contributed by atoms with van der Waals surface area (Å²) in [5, 5.41) is 6.14. The fourth-order valence-electron chi connectivity index (χ4n) is 1.59. The molecule has 20 heavy (non-hydrogen) atoms. The van der Waals surface area contributed by atoms with Crippen molar-refractivity contribution in [3.8, 4) is 0 Å². The average Bonchev–Trinajstić information content (AvgIpc) is 2.39. The highest BCUT2D eigenvalue weighted by molar-refractivity contribution is 5.77. The van der Waals surface area contributed by atoms with E-state index < -0.39 is 11.7 Å². The number of hydrogen-bond acceptors (Lipinski definition) is 4. The van der Waals surface area contributed by atoms with Gasteiger partial charge < -0.3 is 11.2 Å². The summed E-state index contributed by atoms with van der Waals surface area (Å²) in [4.78, 5) is 4.13. The number of nitrogens with two attached hydrogens (primary N) is 1. The van der Waals surface area contributed by atoms with Crippen molar-refractivity contribution in [1.29, 1.82) is 0 Å². The van der Waals surface area contributed by atoms with Crippen LogP contribution < -0.4 is 11.2 Å². The molecule has 0 aliphatic heterocycles. The van der Waals surface area contributed by atoms with Crippen molar-refractivity contribution in [3.05, 3.63) is 53.7 Å². The monoisotopic (exact) mass is 280 g/mol. The average molecular weight is 280 g/mol. The molecule has 0 atom stereocenters. The normalized spacial score (nSPS) is 11.8. The number of hydrazone groups is 1. The summed E-state index contributed by atoms with van der Waals surface area (Å²) < 4.78 is 37.8. The maximum Gasteiger partial charge on any atom is 0.416 e. The van der Waals surface area contributed by atoms with Gasteiger partial charge in [0.15, 0.2) is 0 Å². The molecule has 0 saturated heterocycles. The number of benzene rings is 1. The second-order valence-corrected chi connectivity index (χ2v) is 3.93. The molecule has 2 rings (SSSR count). The summed E-state index contributed by atoms with van der Waals surface area (Å²) in [7, 11) is 0. The lowest BCUT2D eigenvalue weighted by molar-refractivity contribution is -0.137. The molecule has 7 heteroatoms. The van der Waals surface area contributed by atoms with E-state index in [-0.39, 0.29) is 0 Å². The van der Waals surface area contributed by atoms with E-state index in [0.717, 1.165) is 12.1 Å². The highest BCUT2D eigenvalue weighted by Gasteiger charge is 2.30. The van der Waals surface area contributed by atoms with Gasteiger partial charge in [0.05, 0.1) is 17.5 Å². The Hall–Kier alpha value is -2.57. The van der Waals surface area contributed by atoms with E-state index in [1.807, 2.05) is 0 Å². The molecule has 3 N–H and O–H groups in total. The van der Waals surface area contributed by atoms with Crippen LogP contribution in [0.5, 0.6) is 0 Å². The molecular weight excluding hydrogens is 269 g/mol. The van der Waals surface area contributed by atoms with Crippen LogP contribution in [0.15, 0.2) is 47.6 Å². The molecule has 0 aliphatic carbocycles. The summed E-state index contributed by atoms with van der Waals surface area (Å²) in [6.45, 7) is 0. The van der Waals surface area contributed by atoms with E-state index in [0.29, 0.717) is 17.2 Å². The first-order valence-corrected chi connectivity index (χ1v) is 5.63. The lowest BCUT2D eigenvalue weighted by Gasteiger charge is -2.10. The Kier molecular flexibility index (Phi) is 3.88. The fraction of sp³-hybridized carbons (Fsp3) is 0.0769. The van der Waals surface area contributed by atoms with Crippen molar-refractivity contribution in [1.82, 2.24) is 4.98 Å². The van der Waals surface area contributed by atoms with E-state index in [1.54, 1.807) is 18.2 Å². The van der Waals surface area contributed by atoms with E-state index in [2.05, 4.69) is 15.4 Å². The van der Waals surface area contributed by atoms with Gasteiger partial charge in [-0.15, -0.1) is 0 Å². The standard InChI is InChI=1S/C13H11F3N4/c14-13(15,16)9-3-1-4-10(7-9)19-12-6-2-5-11(20-12)8-18-17/h1-8H,17H2,(H,19,20)/b18-8-. The van der Waals surface area contributed by atoms with Crippen LogP contribution in [0.25, 0.3) is 0 Å². The van der Waals surface area contributed by atoms with Gasteiger partial charge in [0.1, 0.15) is 5.82 Å². The first kappa shape index (κ1) is 13.9. The minimum absolute atomic E-state index is 0.300. The third kappa shape index (κ3) is 3.47. The minimum Gasteiger partial charge on any atom is -0.340 e. The minimum atomic E-state index is -4.38. The van der Waals surface area contributed by atoms with Crippen LogP contribution in [0.3, 0.4) is 0 Å². The van der Waals surface area contributed by atoms with Crippen LogP contribution in [0, 0.1) is 0 Å². The third-order valence-electron chi connectivity index (χ3n) is 2.44. The first-order chi connectivity index (χ1) is 9.49. The summed E-state index contributed by atoms with van der Waals surface area (Å²) in [6, 6.07) is 9.89. The van der Waals surface area contributed by atoms with Crippen molar-refractivity contribution in [2.45, 2.75) is 6.18 Å². The second-order valence-electron chi connectivity index (χ2n) is 3.93. The Morgan fingerprint density at radius 1 is 1.15 bits per heavy atom. The molecule has 4 nitrogen and oxygen atoms in total. The zero-order chi connectivity index (χ0) is 14.6. The maximum atomic E-state index is 12.6. The van der Waals surface area contributed by atoms with Crippen LogP contribution in [0.4, 0.5) is 24.7 Å². The molecule has 104 valence electrons. The molecule has 1 aromatic carbocycles. The van der Waals surface area contributed by atoms with Gasteiger partial charge in [-0.25, -0.2) is 4.98 Å². The van der Waals surface area contributed by atoms with Gasteiger partial charge in [-0.1, -0.05) is 12.1 Å². The van der Waals surface area contributed by atoms with Crippen LogP contribution in [0.2, 0.25) is 0 Å². The predicted molar refractivity (Wildman–Crippen MR) is 70.7 cm³/mol. The summed E-state index contributed by atoms with van der Waals surface area (Å²) >= 11 is 0. The zero-order valence-electron chi connectivity index (χ0n) is 10.2. The van der Waals surface area contributed by atoms with Gasteiger partial charge in [0.2, 0.25) is 0 Å². The number of halogens is 3. The predicted octanol–water partition coefficient (Wildman–Crippen LogP) is 3.14. The third-order valence-corrected chi connectivity index (χ3v) is 2.44. The molecule has 0 unspecified atom stereocenters. The highest BCUT2D eigenvalue weighted by Crippen LogP contribution is 2.31. The van der Waals surface area contributed by atoms with Crippen LogP contribution in [-0.4, -0.2) is 11.2 Å². The van der Waals surface area contributed by atoms with E-state index in [1.165, 1.54) is 18.3 Å². The summed E-state index contributed by atoms with van der Waals surface area (Å²) in [5.41, 5.74) is 0.0841. The Bertz CT molecular complexity index is 623. The number of alkyl halides is 3. The van der Waals surface area contributed by atoms with E-state index >= 15 is 0 Å². The van der Waals surface area contributed by atoms with Gasteiger partial charge in [-0.3, -0.25) is 0 Å². The summed E-state index contributed by atoms with van der Waals surface area (Å²) in [6.07, 6.45) is -3.03. The van der Waals surface area contributed by atoms with Crippen LogP contribution >= 0.6 is 0 Å². The van der Waals surface area contributed by atoms with Crippen LogP contribution in [0.1, 0.15) is 11.3 Å². The molecule has 0 spiro atoms. The lowest BCUT2D eigenvalue weighted by atomic mass is 10.2. The van der Waals surface area contributed by atoms with Gasteiger partial charge in [-0.2, -0.15) is 18.3 Å². The number of aromatic nitrogens is 1. The highest BCUT2D eigenvalue weighted by atomic mass is 19.4. The molecule has 0 bridgehead atoms. The van der Waals surface area contributed by atoms with Gasteiger partial charge in [0.25, 0.3) is 0 Å². The molecular formula is C13H11F3N4. The molecule has 0 fully saturated rings. The van der Waals surface area contributed by atoms with E-state index in [9.17, 15) is 13.2 Å². The molecule has 0 radical (unpaired) electrons. The molecule has 0 saturated carbocycles. The zero-order valence-corrected chi connectivity index (χ0v) is 10.2. The van der Waals surface area contributed by atoms with Crippen LogP contribution in [-0.2, 0) is 6.18 Å². The molecule has 0 amide bonds. The number of nitrogens with one attached hydrogen (secondary N) is 1. The quantitative estimate of drug-likeness (QED) is 0.516. The number of nitrogens with zero attached hydrogens (tertiary/aromatic N) is 2. The van der Waals surface area contributed by atoms with Crippen molar-refractivity contribution < 1.29 is 13.2 Å². The Balaban J connectivity index is 2.24. The van der Waals surface area contributed by atoms with Crippen molar-refractivity contribution in [3.63, 3.8) is 0 Å². The molecule has 0 aliphatic rings. The van der Waals surface area contributed by atoms with Crippen molar-refractivity contribution >= 4 is 17.7 Å². The maximum absolute atomic E-state index is 12.6. The van der Waals surface area contributed by atoms with Gasteiger partial charge in [0, 0.05) is 5.69 Å². The number of hydrogen-bond donors (Lipinski definition) is 2. The van der Waals surface area contributed by atoms with Crippen molar-refractivity contribution in [2.75, 3.05) is 5.32 Å². The Morgan fingerprint density at radius 3 is 2.60 bits per heavy atom. The molecule has 1 heterocycles. The largest absolute Gasteiger partial charge is 0.416 e. The fourth-order valence-corrected chi connectivity index (χ4v) is 1.59. The summed E-state index contributed by atoms with van der Waals surface area (Å²) in [5.74, 6) is 5.42. The Morgan fingerprint density at radius 2 is 1.90 bits per heavy atom. The van der Waals surface area contributed by atoms with Crippen molar-refractivity contribution in [2.24, 2.45) is 10.9 Å². The van der Waals surface area contributed by atoms with Gasteiger partial charge >= 0.3 is 6.18 Å². The van der Waals surface area contributed by atoms with E-state index in [4.69, 9.17) is 5.84 Å². The molecule has 1 aromatic heterocycles. The number of rotatable bonds is 3. The Labute approximate surface area is 113 Å². The number of pyridine rings is 1. The second kappa shape index (κ2) is 5.60. The first-order valence-electron chi connectivity index (χ1n) is 5.63. The lowest BCUT2D eigenvalue weighted by Crippen LogP contribution is -2.05.